The molecule has 17 heavy (non-hydrogen) atoms. The highest BCUT2D eigenvalue weighted by Gasteiger charge is 2.12. The third-order valence-electron chi connectivity index (χ3n) is 1.73. The van der Waals surface area contributed by atoms with Gasteiger partial charge in [0.15, 0.2) is 24.6 Å². The van der Waals surface area contributed by atoms with Crippen molar-refractivity contribution in [3.05, 3.63) is 29.1 Å². The maximum Gasteiger partial charge on any atom is 0.330 e. The van der Waals surface area contributed by atoms with E-state index in [9.17, 15) is 14.0 Å². The van der Waals surface area contributed by atoms with E-state index in [4.69, 9.17) is 14.5 Å². The Bertz CT molecular complexity index is 422. The van der Waals surface area contributed by atoms with Crippen LogP contribution in [0.4, 0.5) is 4.39 Å². The van der Waals surface area contributed by atoms with Crippen LogP contribution in [0, 0.1) is 5.82 Å². The van der Waals surface area contributed by atoms with Crippen molar-refractivity contribution in [1.82, 2.24) is 0 Å². The first-order valence-electron chi connectivity index (χ1n) is 4.26. The quantitative estimate of drug-likeness (QED) is 0.451. The summed E-state index contributed by atoms with van der Waals surface area (Å²) in [5.41, 5.74) is -0.180. The van der Waals surface area contributed by atoms with Crippen molar-refractivity contribution in [2.75, 3.05) is 6.79 Å². The van der Waals surface area contributed by atoms with Gasteiger partial charge in [-0.25, -0.2) is 4.39 Å². The predicted octanol–water partition coefficient (Wildman–Crippen LogP) is 1.02. The zero-order valence-electron chi connectivity index (χ0n) is 8.37. The fourth-order valence-electron chi connectivity index (χ4n) is 1.08. The van der Waals surface area contributed by atoms with Crippen LogP contribution in [0.25, 0.3) is 0 Å². The van der Waals surface area contributed by atoms with Crippen molar-refractivity contribution < 1.29 is 33.0 Å². The molecule has 0 aliphatic heterocycles. The average Bonchev–Trinajstić information content (AvgIpc) is 2.30. The second-order valence-electron chi connectivity index (χ2n) is 2.80. The normalized spacial score (nSPS) is 10.4. The lowest BCUT2D eigenvalue weighted by Gasteiger charge is -2.10. The van der Waals surface area contributed by atoms with Gasteiger partial charge in [-0.05, 0) is 12.1 Å². The Balaban J connectivity index is 2.90. The van der Waals surface area contributed by atoms with Crippen molar-refractivity contribution in [1.29, 1.82) is 0 Å². The summed E-state index contributed by atoms with van der Waals surface area (Å²) in [6.45, 7) is -0.628. The number of ether oxygens (including phenoxy) is 1. The maximum atomic E-state index is 13.4. The lowest BCUT2D eigenvalue weighted by atomic mass is 10.1. The fraction of sp³-hybridized carbons (Fsp3) is 0.111. The zero-order chi connectivity index (χ0) is 12.8. The van der Waals surface area contributed by atoms with E-state index in [1.54, 1.807) is 0 Å². The number of aldehydes is 2. The molecule has 1 aromatic carbocycles. The Kier molecular flexibility index (Phi) is 5.11. The second kappa shape index (κ2) is 6.36. The van der Waals surface area contributed by atoms with Crippen LogP contribution in [-0.4, -0.2) is 29.2 Å². The highest BCUT2D eigenvalue weighted by molar-refractivity contribution is 7.39. The van der Waals surface area contributed by atoms with E-state index in [-0.39, 0.29) is 11.1 Å². The Morgan fingerprint density at radius 1 is 1.29 bits per heavy atom. The number of rotatable bonds is 6. The lowest BCUT2D eigenvalue weighted by molar-refractivity contribution is 0.0978. The van der Waals surface area contributed by atoms with Crippen LogP contribution in [0.3, 0.4) is 0 Å². The minimum Gasteiger partial charge on any atom is -0.463 e. The molecule has 0 aliphatic carbocycles. The van der Waals surface area contributed by atoms with Crippen LogP contribution in [0.2, 0.25) is 0 Å². The topological polar surface area (TPSA) is 93.1 Å². The summed E-state index contributed by atoms with van der Waals surface area (Å²) in [6, 6.07) is 2.02. The van der Waals surface area contributed by atoms with Gasteiger partial charge in [-0.2, -0.15) is 0 Å². The Labute approximate surface area is 96.6 Å². The molecule has 2 N–H and O–H groups in total. The molecule has 0 unspecified atom stereocenters. The molecule has 0 radical (unpaired) electrons. The van der Waals surface area contributed by atoms with Gasteiger partial charge in [-0.1, -0.05) is 0 Å². The van der Waals surface area contributed by atoms with E-state index in [2.05, 4.69) is 4.52 Å². The molecule has 0 aliphatic rings. The summed E-state index contributed by atoms with van der Waals surface area (Å²) < 4.78 is 22.4. The van der Waals surface area contributed by atoms with Crippen molar-refractivity contribution in [2.45, 2.75) is 0 Å². The number of benzene rings is 1. The monoisotopic (exact) mass is 262 g/mol. The predicted molar refractivity (Wildman–Crippen MR) is 55.1 cm³/mol. The molecule has 92 valence electrons. The van der Waals surface area contributed by atoms with E-state index in [1.807, 2.05) is 0 Å². The summed E-state index contributed by atoms with van der Waals surface area (Å²) in [5, 5.41) is 0. The van der Waals surface area contributed by atoms with Crippen molar-refractivity contribution >= 4 is 21.2 Å². The summed E-state index contributed by atoms with van der Waals surface area (Å²) in [7, 11) is -2.62. The van der Waals surface area contributed by atoms with Gasteiger partial charge in [0.2, 0.25) is 0 Å². The first kappa shape index (κ1) is 13.7. The summed E-state index contributed by atoms with van der Waals surface area (Å²) >= 11 is 0. The van der Waals surface area contributed by atoms with Crippen molar-refractivity contribution in [3.8, 4) is 5.75 Å². The van der Waals surface area contributed by atoms with Crippen LogP contribution in [0.15, 0.2) is 12.1 Å². The fourth-order valence-corrected chi connectivity index (χ4v) is 1.22. The molecular formula is C9H8FO6P. The smallest absolute Gasteiger partial charge is 0.330 e. The van der Waals surface area contributed by atoms with Crippen LogP contribution < -0.4 is 4.74 Å². The van der Waals surface area contributed by atoms with Crippen LogP contribution in [0.1, 0.15) is 20.7 Å². The van der Waals surface area contributed by atoms with Gasteiger partial charge in [-0.3, -0.25) is 14.1 Å². The molecule has 0 heterocycles. The van der Waals surface area contributed by atoms with Gasteiger partial charge in [0.05, 0.1) is 5.56 Å². The first-order valence-corrected chi connectivity index (χ1v) is 5.42. The SMILES string of the molecule is O=Cc1cc(F)c(OCOP(O)O)c(C=O)c1. The largest absolute Gasteiger partial charge is 0.463 e. The van der Waals surface area contributed by atoms with Crippen LogP contribution >= 0.6 is 8.60 Å². The van der Waals surface area contributed by atoms with Crippen LogP contribution in [-0.2, 0) is 4.52 Å². The Morgan fingerprint density at radius 3 is 2.53 bits per heavy atom. The first-order chi connectivity index (χ1) is 8.08. The molecule has 0 fully saturated rings. The standard InChI is InChI=1S/C9H8FO6P/c10-8-2-6(3-11)1-7(4-12)9(8)15-5-16-17(13)14/h1-4,13-14H,5H2. The molecule has 0 spiro atoms. The van der Waals surface area contributed by atoms with Crippen molar-refractivity contribution in [2.24, 2.45) is 0 Å². The maximum absolute atomic E-state index is 13.4. The molecule has 0 aromatic heterocycles. The van der Waals surface area contributed by atoms with Gasteiger partial charge in [0.1, 0.15) is 6.29 Å². The minimum atomic E-state index is -2.62. The van der Waals surface area contributed by atoms with Gasteiger partial charge < -0.3 is 14.5 Å². The summed E-state index contributed by atoms with van der Waals surface area (Å²) in [5.74, 6) is -1.33. The molecule has 0 saturated heterocycles. The van der Waals surface area contributed by atoms with Crippen LogP contribution in [0.5, 0.6) is 5.75 Å². The Morgan fingerprint density at radius 2 is 2.00 bits per heavy atom. The van der Waals surface area contributed by atoms with Gasteiger partial charge in [0.25, 0.3) is 0 Å². The molecule has 6 nitrogen and oxygen atoms in total. The highest BCUT2D eigenvalue weighted by Crippen LogP contribution is 2.27. The van der Waals surface area contributed by atoms with E-state index >= 15 is 0 Å². The summed E-state index contributed by atoms with van der Waals surface area (Å²) in [4.78, 5) is 37.9. The van der Waals surface area contributed by atoms with Gasteiger partial charge >= 0.3 is 8.60 Å². The molecule has 0 atom stereocenters. The lowest BCUT2D eigenvalue weighted by Crippen LogP contribution is -2.04. The van der Waals surface area contributed by atoms with Gasteiger partial charge in [0, 0.05) is 5.56 Å². The molecule has 1 rings (SSSR count). The number of hydrogen-bond donors (Lipinski definition) is 2. The highest BCUT2D eigenvalue weighted by atomic mass is 31.2. The van der Waals surface area contributed by atoms with E-state index in [0.717, 1.165) is 12.1 Å². The van der Waals surface area contributed by atoms with E-state index < -0.39 is 27.0 Å². The minimum absolute atomic E-state index is 0.00978. The molecule has 0 amide bonds. The Hall–Kier alpha value is -1.40. The summed E-state index contributed by atoms with van der Waals surface area (Å²) in [6.07, 6.45) is 0.698. The molecule has 0 bridgehead atoms. The molecule has 0 saturated carbocycles. The molecule has 1 aromatic rings. The number of halogens is 1. The van der Waals surface area contributed by atoms with E-state index in [1.165, 1.54) is 0 Å². The molecular weight excluding hydrogens is 254 g/mol. The van der Waals surface area contributed by atoms with E-state index in [0.29, 0.717) is 12.6 Å². The third-order valence-corrected chi connectivity index (χ3v) is 2.07. The van der Waals surface area contributed by atoms with Gasteiger partial charge in [-0.15, -0.1) is 0 Å². The second-order valence-corrected chi connectivity index (χ2v) is 3.56. The molecule has 8 heteroatoms. The number of carbonyl (C=O) groups excluding carboxylic acids is 2. The zero-order valence-corrected chi connectivity index (χ0v) is 9.26. The number of carbonyl (C=O) groups is 2. The third kappa shape index (κ3) is 3.83. The number of hydrogen-bond acceptors (Lipinski definition) is 6. The van der Waals surface area contributed by atoms with Crippen molar-refractivity contribution in [3.63, 3.8) is 0 Å². The average molecular weight is 262 g/mol.